The molecule has 0 aliphatic rings. The Morgan fingerprint density at radius 2 is 1.62 bits per heavy atom. The van der Waals surface area contributed by atoms with Crippen LogP contribution in [0.3, 0.4) is 0 Å². The second-order valence-electron chi connectivity index (χ2n) is 7.25. The maximum atomic E-state index is 12.8. The lowest BCUT2D eigenvalue weighted by molar-refractivity contribution is -0.116. The fourth-order valence-electron chi connectivity index (χ4n) is 3.40. The van der Waals surface area contributed by atoms with Gasteiger partial charge in [0, 0.05) is 31.9 Å². The number of amides is 1. The van der Waals surface area contributed by atoms with Crippen molar-refractivity contribution in [3.05, 3.63) is 90.3 Å². The lowest BCUT2D eigenvalue weighted by Gasteiger charge is -2.14. The molecule has 4 aromatic rings. The highest BCUT2D eigenvalue weighted by atomic mass is 16.1. The minimum atomic E-state index is -0.0694. The Labute approximate surface area is 170 Å². The average molecular weight is 384 g/mol. The summed E-state index contributed by atoms with van der Waals surface area (Å²) in [5.74, 6) is 0.815. The Bertz CT molecular complexity index is 1110. The van der Waals surface area contributed by atoms with Gasteiger partial charge in [-0.1, -0.05) is 42.5 Å². The van der Waals surface area contributed by atoms with E-state index in [1.807, 2.05) is 90.3 Å². The molecule has 0 fully saturated rings. The summed E-state index contributed by atoms with van der Waals surface area (Å²) in [5, 5.41) is 3.00. The lowest BCUT2D eigenvalue weighted by atomic mass is 10.1. The summed E-state index contributed by atoms with van der Waals surface area (Å²) in [6.45, 7) is 0.220. The van der Waals surface area contributed by atoms with Crippen molar-refractivity contribution in [1.29, 1.82) is 0 Å². The molecule has 0 unspecified atom stereocenters. The van der Waals surface area contributed by atoms with Crippen molar-refractivity contribution >= 4 is 28.3 Å². The smallest absolute Gasteiger partial charge is 0.244 e. The summed E-state index contributed by atoms with van der Waals surface area (Å²) in [6.07, 6.45) is 0.681. The summed E-state index contributed by atoms with van der Waals surface area (Å²) in [7, 11) is 3.98. The van der Waals surface area contributed by atoms with Gasteiger partial charge in [-0.3, -0.25) is 4.79 Å². The molecule has 0 radical (unpaired) electrons. The van der Waals surface area contributed by atoms with Crippen LogP contribution in [0.2, 0.25) is 0 Å². The van der Waals surface area contributed by atoms with Crippen LogP contribution in [-0.4, -0.2) is 29.6 Å². The van der Waals surface area contributed by atoms with E-state index >= 15 is 0 Å². The van der Waals surface area contributed by atoms with E-state index in [1.54, 1.807) is 0 Å². The SMILES string of the molecule is CN(C)c1ccc(NC(=O)Cn2c(Cc3ccccc3)nc3ccccc32)cc1. The van der Waals surface area contributed by atoms with Crippen LogP contribution in [-0.2, 0) is 17.8 Å². The van der Waals surface area contributed by atoms with Crippen LogP contribution < -0.4 is 10.2 Å². The van der Waals surface area contributed by atoms with Crippen molar-refractivity contribution in [2.24, 2.45) is 0 Å². The molecule has 0 spiro atoms. The molecule has 5 nitrogen and oxygen atoms in total. The van der Waals surface area contributed by atoms with E-state index in [2.05, 4.69) is 17.4 Å². The Morgan fingerprint density at radius 3 is 2.34 bits per heavy atom. The summed E-state index contributed by atoms with van der Waals surface area (Å²) in [5.41, 5.74) is 4.92. The first-order valence-electron chi connectivity index (χ1n) is 9.65. The predicted octanol–water partition coefficient (Wildman–Crippen LogP) is 4.33. The van der Waals surface area contributed by atoms with Crippen LogP contribution in [0.15, 0.2) is 78.9 Å². The largest absolute Gasteiger partial charge is 0.378 e. The van der Waals surface area contributed by atoms with Crippen LogP contribution in [0.25, 0.3) is 11.0 Å². The zero-order valence-corrected chi connectivity index (χ0v) is 16.7. The minimum absolute atomic E-state index is 0.0694. The third-order valence-corrected chi connectivity index (χ3v) is 4.91. The second-order valence-corrected chi connectivity index (χ2v) is 7.25. The van der Waals surface area contributed by atoms with Crippen LogP contribution >= 0.6 is 0 Å². The monoisotopic (exact) mass is 384 g/mol. The number of fused-ring (bicyclic) bond motifs is 1. The highest BCUT2D eigenvalue weighted by Crippen LogP contribution is 2.20. The number of para-hydroxylation sites is 2. The van der Waals surface area contributed by atoms with E-state index in [9.17, 15) is 4.79 Å². The van der Waals surface area contributed by atoms with Gasteiger partial charge in [-0.2, -0.15) is 0 Å². The van der Waals surface area contributed by atoms with Gasteiger partial charge in [0.25, 0.3) is 0 Å². The maximum Gasteiger partial charge on any atom is 0.244 e. The number of rotatable bonds is 6. The fraction of sp³-hybridized carbons (Fsp3) is 0.167. The molecule has 0 atom stereocenters. The molecule has 1 N–H and O–H groups in total. The Kier molecular flexibility index (Phi) is 5.29. The van der Waals surface area contributed by atoms with Crippen LogP contribution in [0.5, 0.6) is 0 Å². The molecule has 146 valence electrons. The maximum absolute atomic E-state index is 12.8. The van der Waals surface area contributed by atoms with E-state index in [0.29, 0.717) is 6.42 Å². The topological polar surface area (TPSA) is 50.2 Å². The normalized spacial score (nSPS) is 10.8. The number of nitrogens with one attached hydrogen (secondary N) is 1. The quantitative estimate of drug-likeness (QED) is 0.538. The Morgan fingerprint density at radius 1 is 0.931 bits per heavy atom. The van der Waals surface area contributed by atoms with Crippen molar-refractivity contribution in [3.63, 3.8) is 0 Å². The van der Waals surface area contributed by atoms with E-state index in [0.717, 1.165) is 28.2 Å². The summed E-state index contributed by atoms with van der Waals surface area (Å²) < 4.78 is 2.01. The van der Waals surface area contributed by atoms with Gasteiger partial charge in [0.2, 0.25) is 5.91 Å². The number of hydrogen-bond acceptors (Lipinski definition) is 3. The molecule has 5 heteroatoms. The summed E-state index contributed by atoms with van der Waals surface area (Å²) in [6, 6.07) is 26.0. The van der Waals surface area contributed by atoms with Gasteiger partial charge in [-0.05, 0) is 42.0 Å². The van der Waals surface area contributed by atoms with Gasteiger partial charge in [-0.25, -0.2) is 4.98 Å². The molecule has 0 aliphatic heterocycles. The van der Waals surface area contributed by atoms with Crippen molar-refractivity contribution in [2.75, 3.05) is 24.3 Å². The highest BCUT2D eigenvalue weighted by Gasteiger charge is 2.14. The Hall–Kier alpha value is -3.60. The molecule has 3 aromatic carbocycles. The number of imidazole rings is 1. The molecule has 1 amide bonds. The zero-order chi connectivity index (χ0) is 20.2. The number of hydrogen-bond donors (Lipinski definition) is 1. The van der Waals surface area contributed by atoms with E-state index < -0.39 is 0 Å². The molecule has 0 bridgehead atoms. The van der Waals surface area contributed by atoms with Crippen LogP contribution in [0, 0.1) is 0 Å². The molecule has 0 saturated heterocycles. The number of benzene rings is 3. The predicted molar refractivity (Wildman–Crippen MR) is 118 cm³/mol. The third-order valence-electron chi connectivity index (χ3n) is 4.91. The molecule has 0 saturated carbocycles. The standard InChI is InChI=1S/C24H24N4O/c1-27(2)20-14-12-19(13-15-20)25-24(29)17-28-22-11-7-6-10-21(22)26-23(28)16-18-8-4-3-5-9-18/h3-15H,16-17H2,1-2H3,(H,25,29). The van der Waals surface area contributed by atoms with Crippen molar-refractivity contribution < 1.29 is 4.79 Å². The van der Waals surface area contributed by atoms with Crippen molar-refractivity contribution in [1.82, 2.24) is 9.55 Å². The van der Waals surface area contributed by atoms with Crippen molar-refractivity contribution in [2.45, 2.75) is 13.0 Å². The zero-order valence-electron chi connectivity index (χ0n) is 16.7. The number of aromatic nitrogens is 2. The number of anilines is 2. The lowest BCUT2D eigenvalue weighted by Crippen LogP contribution is -2.20. The molecule has 29 heavy (non-hydrogen) atoms. The van der Waals surface area contributed by atoms with Gasteiger partial charge in [0.05, 0.1) is 11.0 Å². The van der Waals surface area contributed by atoms with Crippen LogP contribution in [0.4, 0.5) is 11.4 Å². The summed E-state index contributed by atoms with van der Waals surface area (Å²) >= 11 is 0. The van der Waals surface area contributed by atoms with Crippen LogP contribution in [0.1, 0.15) is 11.4 Å². The third kappa shape index (κ3) is 4.29. The van der Waals surface area contributed by atoms with E-state index in [4.69, 9.17) is 4.98 Å². The van der Waals surface area contributed by atoms with Gasteiger partial charge in [0.1, 0.15) is 12.4 Å². The summed E-state index contributed by atoms with van der Waals surface area (Å²) in [4.78, 5) is 19.6. The molecule has 4 rings (SSSR count). The van der Waals surface area contributed by atoms with Gasteiger partial charge in [-0.15, -0.1) is 0 Å². The number of carbonyl (C=O) groups is 1. The van der Waals surface area contributed by atoms with Gasteiger partial charge in [0.15, 0.2) is 0 Å². The molecular weight excluding hydrogens is 360 g/mol. The average Bonchev–Trinajstić information content (AvgIpc) is 3.06. The molecular formula is C24H24N4O. The minimum Gasteiger partial charge on any atom is -0.378 e. The van der Waals surface area contributed by atoms with Gasteiger partial charge >= 0.3 is 0 Å². The van der Waals surface area contributed by atoms with Crippen molar-refractivity contribution in [3.8, 4) is 0 Å². The first-order valence-corrected chi connectivity index (χ1v) is 9.65. The first kappa shape index (κ1) is 18.7. The number of nitrogens with zero attached hydrogens (tertiary/aromatic N) is 3. The second kappa shape index (κ2) is 8.19. The highest BCUT2D eigenvalue weighted by molar-refractivity contribution is 5.92. The Balaban J connectivity index is 1.57. The first-order chi connectivity index (χ1) is 14.1. The fourth-order valence-corrected chi connectivity index (χ4v) is 3.40. The molecule has 1 aromatic heterocycles. The van der Waals surface area contributed by atoms with Gasteiger partial charge < -0.3 is 14.8 Å². The molecule has 0 aliphatic carbocycles. The van der Waals surface area contributed by atoms with E-state index in [1.165, 1.54) is 5.56 Å². The number of carbonyl (C=O) groups excluding carboxylic acids is 1. The van der Waals surface area contributed by atoms with E-state index in [-0.39, 0.29) is 12.5 Å². The molecule has 1 heterocycles.